The molecule has 18 heavy (non-hydrogen) atoms. The van der Waals surface area contributed by atoms with Gasteiger partial charge in [0.15, 0.2) is 0 Å². The third kappa shape index (κ3) is 2.88. The Balaban J connectivity index is 2.02. The highest BCUT2D eigenvalue weighted by molar-refractivity contribution is 5.10. The molecule has 0 spiro atoms. The summed E-state index contributed by atoms with van der Waals surface area (Å²) in [5, 5.41) is 9.72. The summed E-state index contributed by atoms with van der Waals surface area (Å²) < 4.78 is 0. The fourth-order valence-corrected chi connectivity index (χ4v) is 2.72. The van der Waals surface area contributed by atoms with Crippen LogP contribution in [0.15, 0.2) is 24.5 Å². The van der Waals surface area contributed by atoms with Crippen LogP contribution in [0.3, 0.4) is 0 Å². The average molecular weight is 249 g/mol. The van der Waals surface area contributed by atoms with Crippen LogP contribution in [0.2, 0.25) is 0 Å². The number of likely N-dealkylation sites (tertiary alicyclic amines) is 1. The third-order valence-corrected chi connectivity index (χ3v) is 4.03. The quantitative estimate of drug-likeness (QED) is 0.863. The van der Waals surface area contributed by atoms with E-state index in [0.717, 1.165) is 32.5 Å². The molecular formula is C14H23N3O. The minimum Gasteiger partial charge on any atom is -0.394 e. The minimum atomic E-state index is -0.0781. The summed E-state index contributed by atoms with van der Waals surface area (Å²) in [4.78, 5) is 8.64. The Kier molecular flexibility index (Phi) is 4.32. The van der Waals surface area contributed by atoms with E-state index in [1.165, 1.54) is 5.56 Å². The van der Waals surface area contributed by atoms with Crippen LogP contribution < -0.4 is 0 Å². The van der Waals surface area contributed by atoms with Crippen LogP contribution in [0.1, 0.15) is 18.4 Å². The summed E-state index contributed by atoms with van der Waals surface area (Å²) >= 11 is 0. The maximum absolute atomic E-state index is 9.72. The van der Waals surface area contributed by atoms with Gasteiger partial charge in [-0.15, -0.1) is 0 Å². The number of pyridine rings is 1. The topological polar surface area (TPSA) is 39.6 Å². The highest BCUT2D eigenvalue weighted by atomic mass is 16.3. The number of rotatable bonds is 4. The van der Waals surface area contributed by atoms with Crippen molar-refractivity contribution in [3.05, 3.63) is 30.1 Å². The molecule has 1 fully saturated rings. The van der Waals surface area contributed by atoms with Crippen molar-refractivity contribution in [3.8, 4) is 0 Å². The predicted octanol–water partition coefficient (Wildman–Crippen LogP) is 0.970. The molecule has 4 heteroatoms. The zero-order chi connectivity index (χ0) is 13.0. The van der Waals surface area contributed by atoms with E-state index in [4.69, 9.17) is 0 Å². The van der Waals surface area contributed by atoms with Crippen LogP contribution in [0.4, 0.5) is 0 Å². The van der Waals surface area contributed by atoms with E-state index in [9.17, 15) is 5.11 Å². The number of likely N-dealkylation sites (N-methyl/N-ethyl adjacent to an activating group) is 1. The molecule has 0 aromatic carbocycles. The first-order valence-corrected chi connectivity index (χ1v) is 6.56. The number of aliphatic hydroxyl groups is 1. The normalized spacial score (nSPS) is 25.6. The van der Waals surface area contributed by atoms with Crippen molar-refractivity contribution in [1.82, 2.24) is 14.8 Å². The molecular weight excluding hydrogens is 226 g/mol. The van der Waals surface area contributed by atoms with Gasteiger partial charge >= 0.3 is 0 Å². The van der Waals surface area contributed by atoms with Crippen molar-refractivity contribution in [3.63, 3.8) is 0 Å². The highest BCUT2D eigenvalue weighted by Crippen LogP contribution is 2.26. The lowest BCUT2D eigenvalue weighted by Gasteiger charge is -2.46. The molecule has 2 rings (SSSR count). The molecule has 2 heterocycles. The SMILES string of the molecule is CN(C)C1(CO)CCCN(Cc2ccncc2)C1. The standard InChI is InChI=1S/C14H23N3O/c1-16(2)14(12-18)6-3-9-17(11-14)10-13-4-7-15-8-5-13/h4-5,7-8,18H,3,6,9-12H2,1-2H3. The van der Waals surface area contributed by atoms with Gasteiger partial charge in [-0.25, -0.2) is 0 Å². The third-order valence-electron chi connectivity index (χ3n) is 4.03. The number of piperidine rings is 1. The zero-order valence-corrected chi connectivity index (χ0v) is 11.3. The molecule has 1 aliphatic heterocycles. The minimum absolute atomic E-state index is 0.0781. The Morgan fingerprint density at radius 3 is 2.72 bits per heavy atom. The monoisotopic (exact) mass is 249 g/mol. The van der Waals surface area contributed by atoms with Crippen molar-refractivity contribution in [2.45, 2.75) is 24.9 Å². The Bertz CT molecular complexity index is 369. The number of aliphatic hydroxyl groups excluding tert-OH is 1. The van der Waals surface area contributed by atoms with E-state index < -0.39 is 0 Å². The van der Waals surface area contributed by atoms with Crippen LogP contribution in [-0.2, 0) is 6.54 Å². The molecule has 1 aliphatic rings. The van der Waals surface area contributed by atoms with E-state index in [1.807, 2.05) is 12.4 Å². The molecule has 1 unspecified atom stereocenters. The van der Waals surface area contributed by atoms with Crippen LogP contribution >= 0.6 is 0 Å². The first kappa shape index (κ1) is 13.5. The summed E-state index contributed by atoms with van der Waals surface area (Å²) in [6, 6.07) is 4.12. The van der Waals surface area contributed by atoms with Gasteiger partial charge in [0.25, 0.3) is 0 Å². The van der Waals surface area contributed by atoms with Crippen molar-refractivity contribution >= 4 is 0 Å². The van der Waals surface area contributed by atoms with E-state index in [2.05, 4.69) is 41.0 Å². The Morgan fingerprint density at radius 2 is 2.11 bits per heavy atom. The predicted molar refractivity (Wildman–Crippen MR) is 72.3 cm³/mol. The van der Waals surface area contributed by atoms with Gasteiger partial charge in [-0.05, 0) is 51.2 Å². The Hall–Kier alpha value is -0.970. The molecule has 0 bridgehead atoms. The van der Waals surface area contributed by atoms with Crippen molar-refractivity contribution in [2.24, 2.45) is 0 Å². The van der Waals surface area contributed by atoms with Crippen LogP contribution in [0.5, 0.6) is 0 Å². The van der Waals surface area contributed by atoms with Crippen molar-refractivity contribution in [2.75, 3.05) is 33.8 Å². The van der Waals surface area contributed by atoms with E-state index in [1.54, 1.807) is 0 Å². The Morgan fingerprint density at radius 1 is 1.39 bits per heavy atom. The number of hydrogen-bond acceptors (Lipinski definition) is 4. The smallest absolute Gasteiger partial charge is 0.0627 e. The molecule has 0 saturated carbocycles. The lowest BCUT2D eigenvalue weighted by Crippen LogP contribution is -2.58. The lowest BCUT2D eigenvalue weighted by atomic mass is 9.88. The molecule has 0 amide bonds. The average Bonchev–Trinajstić information content (AvgIpc) is 2.40. The zero-order valence-electron chi connectivity index (χ0n) is 11.3. The van der Waals surface area contributed by atoms with Crippen molar-refractivity contribution < 1.29 is 5.11 Å². The maximum Gasteiger partial charge on any atom is 0.0627 e. The second-order valence-corrected chi connectivity index (χ2v) is 5.45. The van der Waals surface area contributed by atoms with Crippen LogP contribution in [-0.4, -0.2) is 59.2 Å². The summed E-state index contributed by atoms with van der Waals surface area (Å²) in [7, 11) is 4.12. The van der Waals surface area contributed by atoms with Gasteiger partial charge in [-0.2, -0.15) is 0 Å². The Labute approximate surface area is 109 Å². The second kappa shape index (κ2) is 5.78. The summed E-state index contributed by atoms with van der Waals surface area (Å²) in [5.74, 6) is 0. The summed E-state index contributed by atoms with van der Waals surface area (Å²) in [6.45, 7) is 3.21. The first-order valence-electron chi connectivity index (χ1n) is 6.56. The fraction of sp³-hybridized carbons (Fsp3) is 0.643. The summed E-state index contributed by atoms with van der Waals surface area (Å²) in [5.41, 5.74) is 1.21. The number of aromatic nitrogens is 1. The van der Waals surface area contributed by atoms with Gasteiger partial charge in [0.05, 0.1) is 12.1 Å². The maximum atomic E-state index is 9.72. The molecule has 1 aromatic heterocycles. The van der Waals surface area contributed by atoms with E-state index in [0.29, 0.717) is 0 Å². The number of hydrogen-bond donors (Lipinski definition) is 1. The van der Waals surface area contributed by atoms with Gasteiger partial charge in [0.1, 0.15) is 0 Å². The molecule has 0 aliphatic carbocycles. The fourth-order valence-electron chi connectivity index (χ4n) is 2.72. The largest absolute Gasteiger partial charge is 0.394 e. The van der Waals surface area contributed by atoms with Gasteiger partial charge < -0.3 is 10.0 Å². The first-order chi connectivity index (χ1) is 8.66. The molecule has 1 saturated heterocycles. The lowest BCUT2D eigenvalue weighted by molar-refractivity contribution is -0.00277. The van der Waals surface area contributed by atoms with Gasteiger partial charge in [-0.1, -0.05) is 0 Å². The van der Waals surface area contributed by atoms with E-state index >= 15 is 0 Å². The molecule has 1 atom stereocenters. The van der Waals surface area contributed by atoms with Gasteiger partial charge in [-0.3, -0.25) is 9.88 Å². The molecule has 0 radical (unpaired) electrons. The van der Waals surface area contributed by atoms with Crippen LogP contribution in [0.25, 0.3) is 0 Å². The molecule has 1 aromatic rings. The summed E-state index contributed by atoms with van der Waals surface area (Å²) in [6.07, 6.45) is 5.89. The highest BCUT2D eigenvalue weighted by Gasteiger charge is 2.36. The van der Waals surface area contributed by atoms with Gasteiger partial charge in [0, 0.05) is 25.5 Å². The number of nitrogens with zero attached hydrogens (tertiary/aromatic N) is 3. The van der Waals surface area contributed by atoms with Crippen LogP contribution in [0, 0.1) is 0 Å². The molecule has 4 nitrogen and oxygen atoms in total. The van der Waals surface area contributed by atoms with E-state index in [-0.39, 0.29) is 12.1 Å². The van der Waals surface area contributed by atoms with Crippen molar-refractivity contribution in [1.29, 1.82) is 0 Å². The van der Waals surface area contributed by atoms with Gasteiger partial charge in [0.2, 0.25) is 0 Å². The molecule has 1 N–H and O–H groups in total. The molecule has 100 valence electrons. The second-order valence-electron chi connectivity index (χ2n) is 5.45.